The SMILES string of the molecule is CC(C)(C)OC(=O)NC1CCN(c2ccc(-c3cccc(F)c3)nn2)CC1. The fourth-order valence-electron chi connectivity index (χ4n) is 3.02. The lowest BCUT2D eigenvalue weighted by Crippen LogP contribution is -2.46. The Balaban J connectivity index is 1.54. The van der Waals surface area contributed by atoms with Gasteiger partial charge < -0.3 is 15.0 Å². The lowest BCUT2D eigenvalue weighted by atomic mass is 10.1. The van der Waals surface area contributed by atoms with Crippen molar-refractivity contribution in [1.29, 1.82) is 0 Å². The van der Waals surface area contributed by atoms with Crippen LogP contribution < -0.4 is 10.2 Å². The second-order valence-corrected chi connectivity index (χ2v) is 7.69. The third-order valence-corrected chi connectivity index (χ3v) is 4.31. The number of amides is 1. The van der Waals surface area contributed by atoms with Gasteiger partial charge in [-0.25, -0.2) is 9.18 Å². The minimum Gasteiger partial charge on any atom is -0.444 e. The zero-order chi connectivity index (χ0) is 19.4. The maximum absolute atomic E-state index is 13.3. The summed E-state index contributed by atoms with van der Waals surface area (Å²) < 4.78 is 18.6. The summed E-state index contributed by atoms with van der Waals surface area (Å²) in [5.41, 5.74) is 0.845. The molecule has 6 nitrogen and oxygen atoms in total. The smallest absolute Gasteiger partial charge is 0.407 e. The van der Waals surface area contributed by atoms with Crippen LogP contribution >= 0.6 is 0 Å². The number of hydrogen-bond donors (Lipinski definition) is 1. The number of rotatable bonds is 3. The van der Waals surface area contributed by atoms with Crippen molar-refractivity contribution in [2.75, 3.05) is 18.0 Å². The van der Waals surface area contributed by atoms with Crippen LogP contribution in [0.25, 0.3) is 11.3 Å². The van der Waals surface area contributed by atoms with E-state index in [9.17, 15) is 9.18 Å². The molecule has 0 spiro atoms. The van der Waals surface area contributed by atoms with Crippen molar-refractivity contribution in [2.45, 2.75) is 45.3 Å². The van der Waals surface area contributed by atoms with Crippen LogP contribution in [0.15, 0.2) is 36.4 Å². The minimum atomic E-state index is -0.496. The number of ether oxygens (including phenoxy) is 1. The highest BCUT2D eigenvalue weighted by molar-refractivity contribution is 5.68. The summed E-state index contributed by atoms with van der Waals surface area (Å²) in [7, 11) is 0. The van der Waals surface area contributed by atoms with Gasteiger partial charge in [0.2, 0.25) is 0 Å². The Bertz CT molecular complexity index is 781. The molecule has 0 atom stereocenters. The summed E-state index contributed by atoms with van der Waals surface area (Å²) in [6.07, 6.45) is 1.25. The average molecular weight is 372 g/mol. The Labute approximate surface area is 158 Å². The molecular weight excluding hydrogens is 347 g/mol. The predicted molar refractivity (Wildman–Crippen MR) is 102 cm³/mol. The second-order valence-electron chi connectivity index (χ2n) is 7.69. The summed E-state index contributed by atoms with van der Waals surface area (Å²) in [6.45, 7) is 7.09. The van der Waals surface area contributed by atoms with Gasteiger partial charge in [-0.2, -0.15) is 0 Å². The van der Waals surface area contributed by atoms with Crippen molar-refractivity contribution in [3.8, 4) is 11.3 Å². The van der Waals surface area contributed by atoms with E-state index in [1.165, 1.54) is 12.1 Å². The quantitative estimate of drug-likeness (QED) is 0.888. The zero-order valence-electron chi connectivity index (χ0n) is 15.9. The number of nitrogens with one attached hydrogen (secondary N) is 1. The highest BCUT2D eigenvalue weighted by Crippen LogP contribution is 2.22. The molecule has 1 saturated heterocycles. The van der Waals surface area contributed by atoms with Gasteiger partial charge in [0.1, 0.15) is 11.4 Å². The molecule has 144 valence electrons. The van der Waals surface area contributed by atoms with Crippen molar-refractivity contribution in [3.05, 3.63) is 42.2 Å². The topological polar surface area (TPSA) is 67.3 Å². The fraction of sp³-hybridized carbons (Fsp3) is 0.450. The Morgan fingerprint density at radius 1 is 1.19 bits per heavy atom. The second kappa shape index (κ2) is 7.90. The summed E-state index contributed by atoms with van der Waals surface area (Å²) in [5, 5.41) is 11.4. The van der Waals surface area contributed by atoms with E-state index in [2.05, 4.69) is 20.4 Å². The number of carbonyl (C=O) groups is 1. The highest BCUT2D eigenvalue weighted by atomic mass is 19.1. The molecule has 1 aromatic carbocycles. The Morgan fingerprint density at radius 3 is 2.52 bits per heavy atom. The molecule has 1 fully saturated rings. The van der Waals surface area contributed by atoms with Crippen molar-refractivity contribution >= 4 is 11.9 Å². The molecule has 0 radical (unpaired) electrons. The lowest BCUT2D eigenvalue weighted by molar-refractivity contribution is 0.0497. The van der Waals surface area contributed by atoms with Gasteiger partial charge >= 0.3 is 6.09 Å². The minimum absolute atomic E-state index is 0.0932. The number of benzene rings is 1. The molecule has 2 heterocycles. The molecule has 1 aromatic heterocycles. The van der Waals surface area contributed by atoms with Gasteiger partial charge in [-0.15, -0.1) is 10.2 Å². The van der Waals surface area contributed by atoms with Gasteiger partial charge in [0.05, 0.1) is 5.69 Å². The molecule has 3 rings (SSSR count). The number of anilines is 1. The van der Waals surface area contributed by atoms with E-state index < -0.39 is 5.60 Å². The summed E-state index contributed by atoms with van der Waals surface area (Å²) in [5.74, 6) is 0.490. The summed E-state index contributed by atoms with van der Waals surface area (Å²) in [6, 6.07) is 10.1. The molecule has 2 aromatic rings. The van der Waals surface area contributed by atoms with Crippen molar-refractivity contribution in [2.24, 2.45) is 0 Å². The van der Waals surface area contributed by atoms with Crippen LogP contribution in [0, 0.1) is 5.82 Å². The fourth-order valence-corrected chi connectivity index (χ4v) is 3.02. The maximum atomic E-state index is 13.3. The first kappa shape index (κ1) is 19.1. The Morgan fingerprint density at radius 2 is 1.93 bits per heavy atom. The molecule has 0 unspecified atom stereocenters. The van der Waals surface area contributed by atoms with Crippen LogP contribution in [-0.4, -0.2) is 41.0 Å². The van der Waals surface area contributed by atoms with Gasteiger partial charge in [-0.3, -0.25) is 0 Å². The van der Waals surface area contributed by atoms with Crippen LogP contribution in [0.3, 0.4) is 0 Å². The van der Waals surface area contributed by atoms with E-state index in [0.29, 0.717) is 11.3 Å². The van der Waals surface area contributed by atoms with Gasteiger partial charge in [0.15, 0.2) is 5.82 Å². The van der Waals surface area contributed by atoms with Gasteiger partial charge in [0.25, 0.3) is 0 Å². The standard InChI is InChI=1S/C20H25FN4O2/c1-20(2,3)27-19(26)22-16-9-11-25(12-10-16)18-8-7-17(23-24-18)14-5-4-6-15(21)13-14/h4-8,13,16H,9-12H2,1-3H3,(H,22,26). The molecule has 7 heteroatoms. The lowest BCUT2D eigenvalue weighted by Gasteiger charge is -2.33. The zero-order valence-corrected chi connectivity index (χ0v) is 15.9. The molecule has 1 amide bonds. The highest BCUT2D eigenvalue weighted by Gasteiger charge is 2.24. The molecular formula is C20H25FN4O2. The van der Waals surface area contributed by atoms with E-state index in [1.807, 2.05) is 32.9 Å². The van der Waals surface area contributed by atoms with Crippen molar-refractivity contribution in [3.63, 3.8) is 0 Å². The number of piperidine rings is 1. The molecule has 0 aliphatic carbocycles. The maximum Gasteiger partial charge on any atom is 0.407 e. The third-order valence-electron chi connectivity index (χ3n) is 4.31. The first-order chi connectivity index (χ1) is 12.8. The van der Waals surface area contributed by atoms with Gasteiger partial charge in [-0.05, 0) is 57.9 Å². The molecule has 1 aliphatic rings. The number of nitrogens with zero attached hydrogens (tertiary/aromatic N) is 3. The Hall–Kier alpha value is -2.70. The van der Waals surface area contributed by atoms with Gasteiger partial charge in [-0.1, -0.05) is 12.1 Å². The number of hydrogen-bond acceptors (Lipinski definition) is 5. The van der Waals surface area contributed by atoms with Crippen LogP contribution in [-0.2, 0) is 4.74 Å². The van der Waals surface area contributed by atoms with E-state index in [0.717, 1.165) is 31.7 Å². The normalized spacial score (nSPS) is 15.5. The third kappa shape index (κ3) is 5.39. The molecule has 1 N–H and O–H groups in total. The van der Waals surface area contributed by atoms with E-state index in [4.69, 9.17) is 4.74 Å². The van der Waals surface area contributed by atoms with E-state index in [-0.39, 0.29) is 18.0 Å². The number of carbonyl (C=O) groups excluding carboxylic acids is 1. The van der Waals surface area contributed by atoms with Crippen LogP contribution in [0.4, 0.5) is 15.0 Å². The summed E-state index contributed by atoms with van der Waals surface area (Å²) in [4.78, 5) is 14.0. The van der Waals surface area contributed by atoms with Crippen molar-refractivity contribution in [1.82, 2.24) is 15.5 Å². The van der Waals surface area contributed by atoms with E-state index in [1.54, 1.807) is 12.1 Å². The first-order valence-corrected chi connectivity index (χ1v) is 9.14. The Kier molecular flexibility index (Phi) is 5.58. The average Bonchev–Trinajstić information content (AvgIpc) is 2.61. The molecule has 27 heavy (non-hydrogen) atoms. The molecule has 0 saturated carbocycles. The van der Waals surface area contributed by atoms with Crippen molar-refractivity contribution < 1.29 is 13.9 Å². The summed E-state index contributed by atoms with van der Waals surface area (Å²) >= 11 is 0. The monoisotopic (exact) mass is 372 g/mol. The van der Waals surface area contributed by atoms with E-state index >= 15 is 0 Å². The number of halogens is 1. The number of aromatic nitrogens is 2. The number of alkyl carbamates (subject to hydrolysis) is 1. The predicted octanol–water partition coefficient (Wildman–Crippen LogP) is 3.78. The van der Waals surface area contributed by atoms with Gasteiger partial charge in [0, 0.05) is 24.7 Å². The first-order valence-electron chi connectivity index (χ1n) is 9.14. The largest absolute Gasteiger partial charge is 0.444 e. The molecule has 0 bridgehead atoms. The van der Waals surface area contributed by atoms with Crippen LogP contribution in [0.5, 0.6) is 0 Å². The molecule has 1 aliphatic heterocycles. The van der Waals surface area contributed by atoms with Crippen LogP contribution in [0.1, 0.15) is 33.6 Å². The van der Waals surface area contributed by atoms with Crippen LogP contribution in [0.2, 0.25) is 0 Å².